The molecular weight excluding hydrogens is 534 g/mol. The minimum absolute atomic E-state index is 0.0536. The lowest BCUT2D eigenvalue weighted by Crippen LogP contribution is -2.56. The zero-order valence-corrected chi connectivity index (χ0v) is 23.3. The van der Waals surface area contributed by atoms with E-state index in [9.17, 15) is 14.4 Å². The van der Waals surface area contributed by atoms with E-state index in [1.54, 1.807) is 17.0 Å². The molecule has 7 rings (SSSR count). The maximum Gasteiger partial charge on any atom is 0.250 e. The SMILES string of the molecule is O=C1/C(=C/c2ccccc2)CN(C(=O)[C@H]2C[C@H]3CCCN3[C@]23C(=O)Nc2cc(Cl)ccc23)C/C1=C\c1ccccc1. The topological polar surface area (TPSA) is 69.7 Å². The molecule has 4 aliphatic heterocycles. The van der Waals surface area contributed by atoms with E-state index in [4.69, 9.17) is 11.6 Å². The molecule has 3 fully saturated rings. The minimum atomic E-state index is -1.08. The van der Waals surface area contributed by atoms with Crippen LogP contribution in [0.1, 0.15) is 36.0 Å². The first-order chi connectivity index (χ1) is 19.9. The third-order valence-electron chi connectivity index (χ3n) is 9.03. The quantitative estimate of drug-likeness (QED) is 0.424. The zero-order valence-electron chi connectivity index (χ0n) is 22.6. The van der Waals surface area contributed by atoms with Crippen molar-refractivity contribution in [1.82, 2.24) is 9.80 Å². The second-order valence-corrected chi connectivity index (χ2v) is 11.8. The molecule has 0 aromatic heterocycles. The molecule has 6 nitrogen and oxygen atoms in total. The van der Waals surface area contributed by atoms with Crippen molar-refractivity contribution in [3.05, 3.63) is 112 Å². The summed E-state index contributed by atoms with van der Waals surface area (Å²) in [6, 6.07) is 25.0. The molecule has 7 heteroatoms. The van der Waals surface area contributed by atoms with Crippen molar-refractivity contribution in [1.29, 1.82) is 0 Å². The Hall–Kier alpha value is -4.00. The number of Topliss-reactive ketones (excluding diaryl/α,β-unsaturated/α-hetero) is 1. The largest absolute Gasteiger partial charge is 0.333 e. The van der Waals surface area contributed by atoms with Gasteiger partial charge in [0.2, 0.25) is 11.8 Å². The molecule has 4 aliphatic rings. The standard InChI is InChI=1S/C34H30ClN3O3/c35-26-13-14-28-30(18-26)36-33(41)34(28)29(19-27-12-7-15-38(27)34)32(40)37-20-24(16-22-8-3-1-4-9-22)31(39)25(21-37)17-23-10-5-2-6-11-23/h1-6,8-11,13-14,16-18,27,29H,7,12,15,19-21H2,(H,36,41)/b24-16+,25-17+/t27-,29-,34+/m1/s1. The number of nitrogens with zero attached hydrogens (tertiary/aromatic N) is 2. The summed E-state index contributed by atoms with van der Waals surface area (Å²) in [4.78, 5) is 46.3. The fraction of sp³-hybridized carbons (Fsp3) is 0.265. The van der Waals surface area contributed by atoms with Crippen molar-refractivity contribution >= 4 is 47.0 Å². The predicted octanol–water partition coefficient (Wildman–Crippen LogP) is 5.55. The average molecular weight is 564 g/mol. The summed E-state index contributed by atoms with van der Waals surface area (Å²) in [6.07, 6.45) is 6.31. The summed E-state index contributed by atoms with van der Waals surface area (Å²) in [5.41, 5.74) is 3.36. The molecule has 0 radical (unpaired) electrons. The van der Waals surface area contributed by atoms with E-state index in [0.29, 0.717) is 28.3 Å². The predicted molar refractivity (Wildman–Crippen MR) is 160 cm³/mol. The van der Waals surface area contributed by atoms with Crippen molar-refractivity contribution in [2.24, 2.45) is 5.92 Å². The van der Waals surface area contributed by atoms with E-state index in [2.05, 4.69) is 10.2 Å². The number of fused-ring (bicyclic) bond motifs is 4. The van der Waals surface area contributed by atoms with Gasteiger partial charge in [-0.1, -0.05) is 78.3 Å². The molecule has 3 saturated heterocycles. The maximum absolute atomic E-state index is 14.6. The molecule has 4 heterocycles. The summed E-state index contributed by atoms with van der Waals surface area (Å²) in [5.74, 6) is -0.880. The van der Waals surface area contributed by atoms with Crippen molar-refractivity contribution in [2.75, 3.05) is 25.0 Å². The van der Waals surface area contributed by atoms with Gasteiger partial charge in [0.15, 0.2) is 5.78 Å². The summed E-state index contributed by atoms with van der Waals surface area (Å²) < 4.78 is 0. The van der Waals surface area contributed by atoms with Gasteiger partial charge < -0.3 is 10.2 Å². The fourth-order valence-electron chi connectivity index (χ4n) is 7.31. The second-order valence-electron chi connectivity index (χ2n) is 11.4. The van der Waals surface area contributed by atoms with Gasteiger partial charge in [-0.05, 0) is 61.2 Å². The molecule has 3 aromatic rings. The monoisotopic (exact) mass is 563 g/mol. The number of halogens is 1. The molecule has 3 aromatic carbocycles. The number of piperidine rings is 1. The molecule has 41 heavy (non-hydrogen) atoms. The number of likely N-dealkylation sites (tertiary alicyclic amines) is 1. The highest BCUT2D eigenvalue weighted by Gasteiger charge is 2.66. The second kappa shape index (κ2) is 10.1. The number of benzene rings is 3. The van der Waals surface area contributed by atoms with Crippen LogP contribution in [0.2, 0.25) is 5.02 Å². The van der Waals surface area contributed by atoms with Crippen molar-refractivity contribution in [3.8, 4) is 0 Å². The minimum Gasteiger partial charge on any atom is -0.333 e. The van der Waals surface area contributed by atoms with Gasteiger partial charge in [0, 0.05) is 46.6 Å². The molecule has 0 bridgehead atoms. The Balaban J connectivity index is 1.30. The number of rotatable bonds is 3. The van der Waals surface area contributed by atoms with Crippen LogP contribution in [0.25, 0.3) is 12.2 Å². The van der Waals surface area contributed by atoms with Crippen LogP contribution in [0.4, 0.5) is 5.69 Å². The first kappa shape index (κ1) is 25.9. The van der Waals surface area contributed by atoms with Crippen LogP contribution in [0.3, 0.4) is 0 Å². The molecule has 1 spiro atoms. The first-order valence-corrected chi connectivity index (χ1v) is 14.6. The van der Waals surface area contributed by atoms with Gasteiger partial charge in [0.1, 0.15) is 5.54 Å². The molecular formula is C34H30ClN3O3. The van der Waals surface area contributed by atoms with E-state index < -0.39 is 11.5 Å². The van der Waals surface area contributed by atoms with Crippen LogP contribution in [-0.2, 0) is 19.9 Å². The molecule has 0 saturated carbocycles. The molecule has 3 atom stereocenters. The van der Waals surface area contributed by atoms with Crippen LogP contribution in [0, 0.1) is 5.92 Å². The van der Waals surface area contributed by atoms with Gasteiger partial charge >= 0.3 is 0 Å². The third kappa shape index (κ3) is 4.25. The molecule has 2 amide bonds. The fourth-order valence-corrected chi connectivity index (χ4v) is 7.48. The molecule has 206 valence electrons. The summed E-state index contributed by atoms with van der Waals surface area (Å²) in [7, 11) is 0. The average Bonchev–Trinajstić information content (AvgIpc) is 3.65. The van der Waals surface area contributed by atoms with E-state index in [0.717, 1.165) is 36.1 Å². The van der Waals surface area contributed by atoms with E-state index in [1.165, 1.54) is 0 Å². The van der Waals surface area contributed by atoms with Crippen LogP contribution in [0.15, 0.2) is 90.0 Å². The van der Waals surface area contributed by atoms with Crippen molar-refractivity contribution in [2.45, 2.75) is 30.8 Å². The normalized spacial score (nSPS) is 27.5. The smallest absolute Gasteiger partial charge is 0.250 e. The summed E-state index contributed by atoms with van der Waals surface area (Å²) >= 11 is 6.29. The third-order valence-corrected chi connectivity index (χ3v) is 9.26. The number of nitrogens with one attached hydrogen (secondary N) is 1. The Kier molecular flexibility index (Phi) is 6.40. The summed E-state index contributed by atoms with van der Waals surface area (Å²) in [6.45, 7) is 1.16. The number of ketones is 1. The highest BCUT2D eigenvalue weighted by molar-refractivity contribution is 6.31. The maximum atomic E-state index is 14.6. The first-order valence-electron chi connectivity index (χ1n) is 14.2. The Morgan fingerprint density at radius 2 is 1.54 bits per heavy atom. The van der Waals surface area contributed by atoms with E-state index in [1.807, 2.05) is 78.9 Å². The molecule has 0 unspecified atom stereocenters. The van der Waals surface area contributed by atoms with Crippen LogP contribution < -0.4 is 5.32 Å². The van der Waals surface area contributed by atoms with Gasteiger partial charge in [0.25, 0.3) is 0 Å². The van der Waals surface area contributed by atoms with Crippen LogP contribution in [-0.4, -0.2) is 53.1 Å². The number of hydrogen-bond acceptors (Lipinski definition) is 4. The Morgan fingerprint density at radius 3 is 2.17 bits per heavy atom. The van der Waals surface area contributed by atoms with E-state index in [-0.39, 0.29) is 36.7 Å². The Morgan fingerprint density at radius 1 is 0.902 bits per heavy atom. The highest BCUT2D eigenvalue weighted by atomic mass is 35.5. The van der Waals surface area contributed by atoms with Crippen molar-refractivity contribution < 1.29 is 14.4 Å². The Labute approximate surface area is 244 Å². The number of amides is 2. The van der Waals surface area contributed by atoms with Gasteiger partial charge in [-0.25, -0.2) is 0 Å². The van der Waals surface area contributed by atoms with Gasteiger partial charge in [-0.15, -0.1) is 0 Å². The van der Waals surface area contributed by atoms with Crippen molar-refractivity contribution in [3.63, 3.8) is 0 Å². The van der Waals surface area contributed by atoms with E-state index >= 15 is 0 Å². The molecule has 1 N–H and O–H groups in total. The Bertz CT molecular complexity index is 1560. The lowest BCUT2D eigenvalue weighted by Gasteiger charge is -2.39. The lowest BCUT2D eigenvalue weighted by molar-refractivity contribution is -0.144. The zero-order chi connectivity index (χ0) is 28.1. The summed E-state index contributed by atoms with van der Waals surface area (Å²) in [5, 5.41) is 3.59. The number of anilines is 1. The van der Waals surface area contributed by atoms with Gasteiger partial charge in [-0.3, -0.25) is 19.3 Å². The number of hydrogen-bond donors (Lipinski definition) is 1. The van der Waals surface area contributed by atoms with Crippen LogP contribution in [0.5, 0.6) is 0 Å². The lowest BCUT2D eigenvalue weighted by atomic mass is 9.77. The van der Waals surface area contributed by atoms with Gasteiger partial charge in [-0.2, -0.15) is 0 Å². The van der Waals surface area contributed by atoms with Crippen LogP contribution >= 0.6 is 11.6 Å². The molecule has 0 aliphatic carbocycles. The highest BCUT2D eigenvalue weighted by Crippen LogP contribution is 2.56. The number of carbonyl (C=O) groups excluding carboxylic acids is 3. The number of carbonyl (C=O) groups is 3. The van der Waals surface area contributed by atoms with Gasteiger partial charge in [0.05, 0.1) is 5.92 Å².